The van der Waals surface area contributed by atoms with Gasteiger partial charge in [0.15, 0.2) is 6.10 Å². The Bertz CT molecular complexity index is 898. The van der Waals surface area contributed by atoms with E-state index >= 15 is 0 Å². The molecule has 0 saturated heterocycles. The number of carbonyl (C=O) groups excluding carboxylic acids is 1. The summed E-state index contributed by atoms with van der Waals surface area (Å²) < 4.78 is 16.2. The third kappa shape index (κ3) is 4.47. The van der Waals surface area contributed by atoms with Crippen LogP contribution in [0.4, 0.5) is 0 Å². The van der Waals surface area contributed by atoms with Crippen molar-refractivity contribution in [2.24, 2.45) is 0 Å². The van der Waals surface area contributed by atoms with E-state index < -0.39 is 18.1 Å². The molecule has 160 valence electrons. The van der Waals surface area contributed by atoms with Gasteiger partial charge in [-0.15, -0.1) is 0 Å². The van der Waals surface area contributed by atoms with Crippen molar-refractivity contribution in [3.63, 3.8) is 0 Å². The first-order valence-electron chi connectivity index (χ1n) is 9.82. The lowest BCUT2D eigenvalue weighted by atomic mass is 9.89. The van der Waals surface area contributed by atoms with Gasteiger partial charge in [0, 0.05) is 20.1 Å². The summed E-state index contributed by atoms with van der Waals surface area (Å²) in [5, 5.41) is 9.88. The number of hydrogen-bond donors (Lipinski definition) is 1. The van der Waals surface area contributed by atoms with Crippen molar-refractivity contribution >= 4 is 11.9 Å². The summed E-state index contributed by atoms with van der Waals surface area (Å²) in [4.78, 5) is 27.0. The third-order valence-corrected chi connectivity index (χ3v) is 5.45. The molecule has 2 aromatic rings. The van der Waals surface area contributed by atoms with Gasteiger partial charge in [-0.05, 0) is 35.2 Å². The topological polar surface area (TPSA) is 85.3 Å². The van der Waals surface area contributed by atoms with Crippen molar-refractivity contribution in [1.29, 1.82) is 0 Å². The first-order valence-corrected chi connectivity index (χ1v) is 9.82. The van der Waals surface area contributed by atoms with Crippen molar-refractivity contribution in [1.82, 2.24) is 4.90 Å². The molecule has 30 heavy (non-hydrogen) atoms. The number of rotatable bonds is 8. The lowest BCUT2D eigenvalue weighted by molar-refractivity contribution is -0.158. The zero-order valence-corrected chi connectivity index (χ0v) is 17.5. The number of benzene rings is 2. The Morgan fingerprint density at radius 3 is 2.50 bits per heavy atom. The lowest BCUT2D eigenvalue weighted by Gasteiger charge is -2.37. The second-order valence-electron chi connectivity index (χ2n) is 7.21. The third-order valence-electron chi connectivity index (χ3n) is 5.45. The van der Waals surface area contributed by atoms with Crippen molar-refractivity contribution in [2.45, 2.75) is 32.0 Å². The summed E-state index contributed by atoms with van der Waals surface area (Å²) in [6.07, 6.45) is -0.678. The number of carboxylic acids is 1. The number of aliphatic carboxylic acids is 1. The van der Waals surface area contributed by atoms with E-state index in [4.69, 9.17) is 14.2 Å². The fourth-order valence-corrected chi connectivity index (χ4v) is 3.83. The number of nitrogens with zero attached hydrogens (tertiary/aromatic N) is 1. The van der Waals surface area contributed by atoms with E-state index in [1.807, 2.05) is 37.3 Å². The second-order valence-corrected chi connectivity index (χ2v) is 7.21. The fourth-order valence-electron chi connectivity index (χ4n) is 3.83. The van der Waals surface area contributed by atoms with Gasteiger partial charge in [-0.3, -0.25) is 4.79 Å². The van der Waals surface area contributed by atoms with Gasteiger partial charge in [0.05, 0.1) is 20.3 Å². The van der Waals surface area contributed by atoms with Crippen LogP contribution in [0.1, 0.15) is 28.4 Å². The van der Waals surface area contributed by atoms with Gasteiger partial charge in [0.1, 0.15) is 11.8 Å². The van der Waals surface area contributed by atoms with E-state index in [9.17, 15) is 14.7 Å². The van der Waals surface area contributed by atoms with Gasteiger partial charge in [-0.1, -0.05) is 36.4 Å². The summed E-state index contributed by atoms with van der Waals surface area (Å²) in [5.41, 5.74) is 3.42. The highest BCUT2D eigenvalue weighted by molar-refractivity contribution is 5.88. The minimum atomic E-state index is -1.04. The second kappa shape index (κ2) is 9.73. The zero-order valence-electron chi connectivity index (χ0n) is 17.5. The Morgan fingerprint density at radius 2 is 1.87 bits per heavy atom. The van der Waals surface area contributed by atoms with Gasteiger partial charge in [0.2, 0.25) is 0 Å². The molecule has 2 atom stereocenters. The molecule has 7 heteroatoms. The Kier molecular flexibility index (Phi) is 7.07. The maximum atomic E-state index is 13.5. The van der Waals surface area contributed by atoms with Crippen LogP contribution in [0.25, 0.3) is 0 Å². The van der Waals surface area contributed by atoms with E-state index in [1.165, 1.54) is 4.90 Å². The van der Waals surface area contributed by atoms with Crippen molar-refractivity contribution in [3.8, 4) is 5.75 Å². The molecular weight excluding hydrogens is 386 g/mol. The maximum absolute atomic E-state index is 13.5. The van der Waals surface area contributed by atoms with Gasteiger partial charge in [-0.25, -0.2) is 4.79 Å². The average molecular weight is 413 g/mol. The molecule has 1 aliphatic rings. The highest BCUT2D eigenvalue weighted by Crippen LogP contribution is 2.33. The van der Waals surface area contributed by atoms with Crippen LogP contribution in [0.2, 0.25) is 0 Å². The fraction of sp³-hybridized carbons (Fsp3) is 0.391. The van der Waals surface area contributed by atoms with E-state index in [-0.39, 0.29) is 25.5 Å². The SMILES string of the molecule is COCCOC(C(=O)N1Cc2ccc(OC)c(C)c2CC1C(=O)O)c1ccccc1. The summed E-state index contributed by atoms with van der Waals surface area (Å²) in [6.45, 7) is 2.67. The van der Waals surface area contributed by atoms with Crippen LogP contribution in [-0.4, -0.2) is 55.4 Å². The number of hydrogen-bond acceptors (Lipinski definition) is 5. The molecule has 0 bridgehead atoms. The molecule has 0 fully saturated rings. The molecular formula is C23H27NO6. The predicted molar refractivity (Wildman–Crippen MR) is 110 cm³/mol. The quantitative estimate of drug-likeness (QED) is 0.670. The molecule has 0 saturated carbocycles. The van der Waals surface area contributed by atoms with Crippen LogP contribution in [0.3, 0.4) is 0 Å². The largest absolute Gasteiger partial charge is 0.496 e. The van der Waals surface area contributed by atoms with E-state index in [2.05, 4.69) is 0 Å². The number of carboxylic acid groups (broad SMARTS) is 1. The number of amides is 1. The van der Waals surface area contributed by atoms with Crippen LogP contribution in [0.15, 0.2) is 42.5 Å². The molecule has 0 aromatic heterocycles. The van der Waals surface area contributed by atoms with Crippen LogP contribution < -0.4 is 4.74 Å². The zero-order chi connectivity index (χ0) is 21.7. The monoisotopic (exact) mass is 413 g/mol. The Morgan fingerprint density at radius 1 is 1.13 bits per heavy atom. The van der Waals surface area contributed by atoms with Gasteiger partial charge < -0.3 is 24.2 Å². The minimum absolute atomic E-state index is 0.201. The average Bonchev–Trinajstić information content (AvgIpc) is 2.76. The number of methoxy groups -OCH3 is 2. The van der Waals surface area contributed by atoms with Crippen molar-refractivity contribution in [2.75, 3.05) is 27.4 Å². The molecule has 2 unspecified atom stereocenters. The Balaban J connectivity index is 1.95. The minimum Gasteiger partial charge on any atom is -0.496 e. The summed E-state index contributed by atoms with van der Waals surface area (Å²) in [5.74, 6) is -0.702. The normalized spacial score (nSPS) is 16.6. The van der Waals surface area contributed by atoms with Crippen molar-refractivity contribution < 1.29 is 28.9 Å². The first kappa shape index (κ1) is 21.8. The molecule has 0 spiro atoms. The highest BCUT2D eigenvalue weighted by Gasteiger charge is 2.39. The molecule has 1 N–H and O–H groups in total. The molecule has 0 aliphatic carbocycles. The highest BCUT2D eigenvalue weighted by atomic mass is 16.5. The van der Waals surface area contributed by atoms with Gasteiger partial charge in [0.25, 0.3) is 5.91 Å². The van der Waals surface area contributed by atoms with E-state index in [0.717, 1.165) is 16.7 Å². The Labute approximate surface area is 176 Å². The first-order chi connectivity index (χ1) is 14.5. The molecule has 0 radical (unpaired) electrons. The van der Waals surface area contributed by atoms with Crippen LogP contribution in [0, 0.1) is 6.92 Å². The number of fused-ring (bicyclic) bond motifs is 1. The smallest absolute Gasteiger partial charge is 0.326 e. The van der Waals surface area contributed by atoms with Crippen molar-refractivity contribution in [3.05, 3.63) is 64.7 Å². The number of ether oxygens (including phenoxy) is 3. The molecule has 3 rings (SSSR count). The molecule has 1 aliphatic heterocycles. The summed E-state index contributed by atoms with van der Waals surface area (Å²) in [7, 11) is 3.14. The standard InChI is InChI=1S/C23H27NO6/c1-15-18-13-19(23(26)27)24(14-17(18)9-10-20(15)29-3)22(25)21(30-12-11-28-2)16-7-5-4-6-8-16/h4-10,19,21H,11-14H2,1-3H3,(H,26,27). The summed E-state index contributed by atoms with van der Waals surface area (Å²) in [6, 6.07) is 11.9. The number of carbonyl (C=O) groups is 2. The van der Waals surface area contributed by atoms with Gasteiger partial charge in [-0.2, -0.15) is 0 Å². The van der Waals surface area contributed by atoms with Crippen LogP contribution >= 0.6 is 0 Å². The predicted octanol–water partition coefficient (Wildman–Crippen LogP) is 2.75. The molecule has 7 nitrogen and oxygen atoms in total. The molecule has 2 aromatic carbocycles. The van der Waals surface area contributed by atoms with Crippen LogP contribution in [0.5, 0.6) is 5.75 Å². The van der Waals surface area contributed by atoms with E-state index in [1.54, 1.807) is 26.4 Å². The maximum Gasteiger partial charge on any atom is 0.326 e. The Hall–Kier alpha value is -2.90. The molecule has 1 heterocycles. The lowest BCUT2D eigenvalue weighted by Crippen LogP contribution is -2.50. The van der Waals surface area contributed by atoms with Gasteiger partial charge >= 0.3 is 5.97 Å². The van der Waals surface area contributed by atoms with Crippen LogP contribution in [-0.2, 0) is 32.0 Å². The summed E-state index contributed by atoms with van der Waals surface area (Å²) >= 11 is 0. The molecule has 1 amide bonds. The van der Waals surface area contributed by atoms with E-state index in [0.29, 0.717) is 17.9 Å².